The third-order valence-electron chi connectivity index (χ3n) is 2.16. The predicted molar refractivity (Wildman–Crippen MR) is 60.1 cm³/mol. The van der Waals surface area contributed by atoms with E-state index >= 15 is 0 Å². The van der Waals surface area contributed by atoms with Crippen LogP contribution in [0.5, 0.6) is 0 Å². The minimum absolute atomic E-state index is 0.348. The van der Waals surface area contributed by atoms with E-state index in [-0.39, 0.29) is 0 Å². The summed E-state index contributed by atoms with van der Waals surface area (Å²) in [5, 5.41) is 2.12. The lowest BCUT2D eigenvalue weighted by molar-refractivity contribution is 0.496. The summed E-state index contributed by atoms with van der Waals surface area (Å²) < 4.78 is 0. The summed E-state index contributed by atoms with van der Waals surface area (Å²) in [5.74, 6) is 0.773. The Hall–Kier alpha value is -0.340. The molecule has 1 nitrogen and oxygen atoms in total. The van der Waals surface area contributed by atoms with Gasteiger partial charge < -0.3 is 5.73 Å². The normalized spacial score (nSPS) is 13.5. The standard InChI is InChI=1S/C11H19NS/c1-9(2)5-6-10(12)8-11-4-3-7-13-11/h3-4,7,9-10H,5-6,8,12H2,1-2H3. The quantitative estimate of drug-likeness (QED) is 0.771. The summed E-state index contributed by atoms with van der Waals surface area (Å²) in [6, 6.07) is 4.61. The zero-order chi connectivity index (χ0) is 9.68. The van der Waals surface area contributed by atoms with Crippen LogP contribution in [0.3, 0.4) is 0 Å². The molecule has 1 heterocycles. The van der Waals surface area contributed by atoms with Gasteiger partial charge in [0.05, 0.1) is 0 Å². The molecule has 0 saturated heterocycles. The third kappa shape index (κ3) is 4.44. The molecule has 1 unspecified atom stereocenters. The smallest absolute Gasteiger partial charge is 0.00872 e. The Kier molecular flexibility index (Phi) is 4.46. The Morgan fingerprint density at radius 1 is 1.38 bits per heavy atom. The van der Waals surface area contributed by atoms with Gasteiger partial charge in [-0.05, 0) is 36.6 Å². The van der Waals surface area contributed by atoms with Crippen molar-refractivity contribution in [3.8, 4) is 0 Å². The Bertz CT molecular complexity index is 216. The minimum Gasteiger partial charge on any atom is -0.327 e. The molecule has 0 aromatic carbocycles. The van der Waals surface area contributed by atoms with E-state index in [2.05, 4.69) is 31.4 Å². The molecule has 2 N–H and O–H groups in total. The molecule has 0 radical (unpaired) electrons. The van der Waals surface area contributed by atoms with Crippen LogP contribution in [0.1, 0.15) is 31.6 Å². The summed E-state index contributed by atoms with van der Waals surface area (Å²) >= 11 is 1.81. The van der Waals surface area contributed by atoms with E-state index < -0.39 is 0 Å². The summed E-state index contributed by atoms with van der Waals surface area (Å²) in [7, 11) is 0. The highest BCUT2D eigenvalue weighted by atomic mass is 32.1. The largest absolute Gasteiger partial charge is 0.327 e. The Morgan fingerprint density at radius 2 is 2.15 bits per heavy atom. The molecule has 0 fully saturated rings. The Morgan fingerprint density at radius 3 is 2.69 bits per heavy atom. The highest BCUT2D eigenvalue weighted by Crippen LogP contribution is 2.14. The van der Waals surface area contributed by atoms with Crippen LogP contribution in [0.4, 0.5) is 0 Å². The molecular weight excluding hydrogens is 178 g/mol. The molecule has 0 amide bonds. The number of hydrogen-bond donors (Lipinski definition) is 1. The lowest BCUT2D eigenvalue weighted by Crippen LogP contribution is -2.22. The molecule has 0 aliphatic carbocycles. The second kappa shape index (κ2) is 5.40. The summed E-state index contributed by atoms with van der Waals surface area (Å²) in [5.41, 5.74) is 6.02. The van der Waals surface area contributed by atoms with Gasteiger partial charge in [-0.25, -0.2) is 0 Å². The van der Waals surface area contributed by atoms with E-state index in [0.717, 1.165) is 18.8 Å². The molecule has 0 aliphatic heterocycles. The molecule has 0 aliphatic rings. The van der Waals surface area contributed by atoms with E-state index in [0.29, 0.717) is 6.04 Å². The molecule has 0 spiro atoms. The van der Waals surface area contributed by atoms with Crippen molar-refractivity contribution in [2.45, 2.75) is 39.2 Å². The topological polar surface area (TPSA) is 26.0 Å². The maximum absolute atomic E-state index is 6.02. The molecule has 1 atom stereocenters. The van der Waals surface area contributed by atoms with Gasteiger partial charge >= 0.3 is 0 Å². The van der Waals surface area contributed by atoms with Gasteiger partial charge in [0, 0.05) is 10.9 Å². The molecule has 1 aromatic heterocycles. The highest BCUT2D eigenvalue weighted by molar-refractivity contribution is 7.09. The van der Waals surface area contributed by atoms with Gasteiger partial charge in [-0.15, -0.1) is 11.3 Å². The van der Waals surface area contributed by atoms with E-state index in [1.807, 2.05) is 0 Å². The van der Waals surface area contributed by atoms with Gasteiger partial charge in [0.25, 0.3) is 0 Å². The van der Waals surface area contributed by atoms with Crippen molar-refractivity contribution >= 4 is 11.3 Å². The predicted octanol–water partition coefficient (Wildman–Crippen LogP) is 3.05. The van der Waals surface area contributed by atoms with Crippen LogP contribution in [0.15, 0.2) is 17.5 Å². The van der Waals surface area contributed by atoms with Crippen molar-refractivity contribution in [1.29, 1.82) is 0 Å². The second-order valence-electron chi connectivity index (χ2n) is 4.01. The lowest BCUT2D eigenvalue weighted by atomic mass is 10.0. The number of rotatable bonds is 5. The maximum Gasteiger partial charge on any atom is 0.00872 e. The average molecular weight is 197 g/mol. The number of thiophene rings is 1. The Labute approximate surface area is 85.0 Å². The van der Waals surface area contributed by atoms with Crippen LogP contribution in [0.25, 0.3) is 0 Å². The zero-order valence-corrected chi connectivity index (χ0v) is 9.31. The molecular formula is C11H19NS. The summed E-state index contributed by atoms with van der Waals surface area (Å²) in [6.07, 6.45) is 3.44. The molecule has 0 saturated carbocycles. The fraction of sp³-hybridized carbons (Fsp3) is 0.636. The van der Waals surface area contributed by atoms with Gasteiger partial charge in [-0.3, -0.25) is 0 Å². The first-order valence-electron chi connectivity index (χ1n) is 4.96. The third-order valence-corrected chi connectivity index (χ3v) is 3.06. The highest BCUT2D eigenvalue weighted by Gasteiger charge is 2.05. The second-order valence-corrected chi connectivity index (χ2v) is 5.05. The van der Waals surface area contributed by atoms with E-state index in [9.17, 15) is 0 Å². The van der Waals surface area contributed by atoms with Gasteiger partial charge in [0.15, 0.2) is 0 Å². The molecule has 1 aromatic rings. The van der Waals surface area contributed by atoms with Gasteiger partial charge in [-0.2, -0.15) is 0 Å². The van der Waals surface area contributed by atoms with E-state index in [4.69, 9.17) is 5.73 Å². The number of hydrogen-bond acceptors (Lipinski definition) is 2. The van der Waals surface area contributed by atoms with Crippen LogP contribution in [-0.4, -0.2) is 6.04 Å². The van der Waals surface area contributed by atoms with Crippen LogP contribution in [-0.2, 0) is 6.42 Å². The van der Waals surface area contributed by atoms with Crippen molar-refractivity contribution < 1.29 is 0 Å². The Balaban J connectivity index is 2.22. The van der Waals surface area contributed by atoms with Crippen molar-refractivity contribution in [3.05, 3.63) is 22.4 Å². The van der Waals surface area contributed by atoms with Crippen LogP contribution < -0.4 is 5.73 Å². The first kappa shape index (κ1) is 10.7. The van der Waals surface area contributed by atoms with Gasteiger partial charge in [0.1, 0.15) is 0 Å². The van der Waals surface area contributed by atoms with E-state index in [1.54, 1.807) is 11.3 Å². The fourth-order valence-electron chi connectivity index (χ4n) is 1.34. The SMILES string of the molecule is CC(C)CCC(N)Cc1cccs1. The summed E-state index contributed by atoms with van der Waals surface area (Å²) in [4.78, 5) is 1.41. The minimum atomic E-state index is 0.348. The van der Waals surface area contributed by atoms with Crippen LogP contribution in [0, 0.1) is 5.92 Å². The van der Waals surface area contributed by atoms with Crippen LogP contribution in [0.2, 0.25) is 0 Å². The molecule has 1 rings (SSSR count). The van der Waals surface area contributed by atoms with Crippen molar-refractivity contribution in [3.63, 3.8) is 0 Å². The fourth-order valence-corrected chi connectivity index (χ4v) is 2.14. The first-order valence-corrected chi connectivity index (χ1v) is 5.84. The molecule has 2 heteroatoms. The first-order chi connectivity index (χ1) is 6.18. The van der Waals surface area contributed by atoms with Crippen LogP contribution >= 0.6 is 11.3 Å². The molecule has 0 bridgehead atoms. The van der Waals surface area contributed by atoms with Crippen molar-refractivity contribution in [2.75, 3.05) is 0 Å². The molecule has 74 valence electrons. The van der Waals surface area contributed by atoms with Gasteiger partial charge in [-0.1, -0.05) is 19.9 Å². The maximum atomic E-state index is 6.02. The van der Waals surface area contributed by atoms with E-state index in [1.165, 1.54) is 11.3 Å². The average Bonchev–Trinajstić information content (AvgIpc) is 2.53. The van der Waals surface area contributed by atoms with Crippen molar-refractivity contribution in [1.82, 2.24) is 0 Å². The van der Waals surface area contributed by atoms with Crippen molar-refractivity contribution in [2.24, 2.45) is 11.7 Å². The lowest BCUT2D eigenvalue weighted by Gasteiger charge is -2.11. The molecule has 13 heavy (non-hydrogen) atoms. The monoisotopic (exact) mass is 197 g/mol. The van der Waals surface area contributed by atoms with Gasteiger partial charge in [0.2, 0.25) is 0 Å². The summed E-state index contributed by atoms with van der Waals surface area (Å²) in [6.45, 7) is 4.50. The zero-order valence-electron chi connectivity index (χ0n) is 8.49. The number of nitrogens with two attached hydrogens (primary N) is 1.